The molecule has 0 fully saturated rings. The predicted molar refractivity (Wildman–Crippen MR) is 138 cm³/mol. The van der Waals surface area contributed by atoms with Crippen LogP contribution in [0.2, 0.25) is 0 Å². The first kappa shape index (κ1) is 28.0. The van der Waals surface area contributed by atoms with E-state index in [2.05, 4.69) is 42.5 Å². The first-order valence-electron chi connectivity index (χ1n) is 11.2. The Kier molecular flexibility index (Phi) is 11.7. The first-order valence-corrected chi connectivity index (χ1v) is 11.2. The number of rotatable bonds is 6. The molecule has 3 rings (SSSR count). The molecule has 1 heterocycles. The number of hydrogen-bond donors (Lipinski definition) is 2. The van der Waals surface area contributed by atoms with Crippen molar-refractivity contribution in [3.63, 3.8) is 0 Å². The van der Waals surface area contributed by atoms with Gasteiger partial charge < -0.3 is 11.1 Å². The third-order valence-corrected chi connectivity index (χ3v) is 4.77. The zero-order valence-corrected chi connectivity index (χ0v) is 20.8. The van der Waals surface area contributed by atoms with Crippen molar-refractivity contribution in [2.75, 3.05) is 0 Å². The average Bonchev–Trinajstić information content (AvgIpc) is 3.28. The van der Waals surface area contributed by atoms with Gasteiger partial charge in [0.15, 0.2) is 0 Å². The molecule has 3 N–H and O–H groups in total. The lowest BCUT2D eigenvalue weighted by Crippen LogP contribution is -2.22. The van der Waals surface area contributed by atoms with Crippen molar-refractivity contribution >= 4 is 5.91 Å². The van der Waals surface area contributed by atoms with Crippen LogP contribution >= 0.6 is 0 Å². The number of nitriles is 1. The maximum absolute atomic E-state index is 12.3. The van der Waals surface area contributed by atoms with Gasteiger partial charge in [0.2, 0.25) is 0 Å². The molecule has 0 saturated carbocycles. The molecule has 3 aromatic rings. The van der Waals surface area contributed by atoms with Gasteiger partial charge in [0, 0.05) is 12.7 Å². The third-order valence-electron chi connectivity index (χ3n) is 4.77. The van der Waals surface area contributed by atoms with Crippen LogP contribution in [0.3, 0.4) is 0 Å². The molecule has 0 aliphatic heterocycles. The second-order valence-electron chi connectivity index (χ2n) is 8.40. The van der Waals surface area contributed by atoms with Crippen LogP contribution in [0.5, 0.6) is 0 Å². The van der Waals surface area contributed by atoms with Crippen LogP contribution in [0, 0.1) is 30.7 Å². The molecule has 0 atom stereocenters. The Bertz CT molecular complexity index is 1100. The SMILES string of the molecule is C#CN.CCC.Cc1ccc(CNC(=O)c2cnn(Cc3ccc(C(C)(C)C#N)cc3)c2)cc1. The molecule has 0 aliphatic carbocycles. The summed E-state index contributed by atoms with van der Waals surface area (Å²) < 4.78 is 1.74. The van der Waals surface area contributed by atoms with E-state index >= 15 is 0 Å². The van der Waals surface area contributed by atoms with Gasteiger partial charge in [-0.05, 0) is 43.5 Å². The van der Waals surface area contributed by atoms with Gasteiger partial charge in [0.1, 0.15) is 0 Å². The van der Waals surface area contributed by atoms with E-state index < -0.39 is 5.41 Å². The van der Waals surface area contributed by atoms with Crippen LogP contribution in [-0.4, -0.2) is 15.7 Å². The standard InChI is InChI=1S/C23H24N4O.C3H8.C2H3N/c1-17-4-6-18(7-5-17)12-25-22(28)20-13-26-27(15-20)14-19-8-10-21(11-9-19)23(2,3)16-24;1-3-2;1-2-3/h4-11,13,15H,12,14H2,1-3H3,(H,25,28);3H2,1-2H3;1H,3H2. The zero-order chi connectivity index (χ0) is 25.6. The van der Waals surface area contributed by atoms with E-state index in [0.717, 1.165) is 16.7 Å². The Morgan fingerprint density at radius 2 is 1.65 bits per heavy atom. The Hall–Kier alpha value is -4.03. The summed E-state index contributed by atoms with van der Waals surface area (Å²) in [7, 11) is 0. The number of aromatic nitrogens is 2. The van der Waals surface area contributed by atoms with Gasteiger partial charge in [-0.1, -0.05) is 80.8 Å². The molecule has 0 bridgehead atoms. The number of terminal acetylenes is 1. The van der Waals surface area contributed by atoms with Gasteiger partial charge in [-0.3, -0.25) is 9.48 Å². The predicted octanol–water partition coefficient (Wildman–Crippen LogP) is 4.92. The number of carbonyl (C=O) groups excluding carboxylic acids is 1. The highest BCUT2D eigenvalue weighted by Crippen LogP contribution is 2.22. The second kappa shape index (κ2) is 14.2. The smallest absolute Gasteiger partial charge is 0.254 e. The molecule has 34 heavy (non-hydrogen) atoms. The van der Waals surface area contributed by atoms with Crippen LogP contribution in [-0.2, 0) is 18.5 Å². The zero-order valence-electron chi connectivity index (χ0n) is 20.8. The van der Waals surface area contributed by atoms with E-state index in [0.29, 0.717) is 18.7 Å². The van der Waals surface area contributed by atoms with Crippen molar-refractivity contribution in [2.24, 2.45) is 5.73 Å². The van der Waals surface area contributed by atoms with Crippen LogP contribution in [0.1, 0.15) is 66.7 Å². The highest BCUT2D eigenvalue weighted by atomic mass is 16.1. The van der Waals surface area contributed by atoms with Crippen LogP contribution in [0.25, 0.3) is 0 Å². The Morgan fingerprint density at radius 1 is 1.12 bits per heavy atom. The third kappa shape index (κ3) is 9.22. The van der Waals surface area contributed by atoms with Gasteiger partial charge in [0.25, 0.3) is 5.91 Å². The minimum atomic E-state index is -0.507. The number of amides is 1. The van der Waals surface area contributed by atoms with Crippen molar-refractivity contribution in [1.82, 2.24) is 15.1 Å². The Morgan fingerprint density at radius 3 is 2.18 bits per heavy atom. The average molecular weight is 458 g/mol. The summed E-state index contributed by atoms with van der Waals surface area (Å²) in [6.45, 7) is 11.1. The molecule has 0 saturated heterocycles. The van der Waals surface area contributed by atoms with Crippen LogP contribution < -0.4 is 11.1 Å². The number of carbonyl (C=O) groups is 1. The summed E-state index contributed by atoms with van der Waals surface area (Å²) in [4.78, 5) is 12.3. The molecule has 0 aliphatic rings. The molecule has 178 valence electrons. The van der Waals surface area contributed by atoms with Crippen LogP contribution in [0.15, 0.2) is 60.9 Å². The summed E-state index contributed by atoms with van der Waals surface area (Å²) in [6, 6.07) is 20.1. The van der Waals surface area contributed by atoms with E-state index in [1.807, 2.05) is 69.3 Å². The van der Waals surface area contributed by atoms with E-state index in [4.69, 9.17) is 0 Å². The second-order valence-corrected chi connectivity index (χ2v) is 8.40. The Balaban J connectivity index is 0.000000872. The fourth-order valence-corrected chi connectivity index (χ4v) is 2.84. The van der Waals surface area contributed by atoms with Gasteiger partial charge >= 0.3 is 0 Å². The molecule has 1 amide bonds. The lowest BCUT2D eigenvalue weighted by atomic mass is 9.86. The van der Waals surface area contributed by atoms with Crippen molar-refractivity contribution in [3.05, 3.63) is 88.7 Å². The molecule has 0 radical (unpaired) electrons. The van der Waals surface area contributed by atoms with Gasteiger partial charge in [0.05, 0.1) is 29.8 Å². The summed E-state index contributed by atoms with van der Waals surface area (Å²) in [6.07, 6.45) is 8.95. The maximum Gasteiger partial charge on any atom is 0.254 e. The summed E-state index contributed by atoms with van der Waals surface area (Å²) >= 11 is 0. The normalized spacial score (nSPS) is 9.85. The van der Waals surface area contributed by atoms with Gasteiger partial charge in [-0.25, -0.2) is 0 Å². The highest BCUT2D eigenvalue weighted by molar-refractivity contribution is 5.93. The van der Waals surface area contributed by atoms with Gasteiger partial charge in [-0.15, -0.1) is 0 Å². The van der Waals surface area contributed by atoms with Crippen LogP contribution in [0.4, 0.5) is 0 Å². The molecule has 0 spiro atoms. The quantitative estimate of drug-likeness (QED) is 0.405. The topological polar surface area (TPSA) is 96.7 Å². The molecule has 2 aromatic carbocycles. The molecule has 6 heteroatoms. The highest BCUT2D eigenvalue weighted by Gasteiger charge is 2.19. The van der Waals surface area contributed by atoms with E-state index in [-0.39, 0.29) is 5.91 Å². The van der Waals surface area contributed by atoms with Gasteiger partial charge in [-0.2, -0.15) is 10.4 Å². The fraction of sp³-hybridized carbons (Fsp3) is 0.321. The van der Waals surface area contributed by atoms with E-state index in [1.165, 1.54) is 12.0 Å². The maximum atomic E-state index is 12.3. The number of benzene rings is 2. The van der Waals surface area contributed by atoms with Crippen molar-refractivity contribution in [2.45, 2.75) is 59.5 Å². The molecule has 1 aromatic heterocycles. The first-order chi connectivity index (χ1) is 16.2. The number of hydrogen-bond acceptors (Lipinski definition) is 4. The molecule has 6 nitrogen and oxygen atoms in total. The lowest BCUT2D eigenvalue weighted by molar-refractivity contribution is 0.0951. The van der Waals surface area contributed by atoms with Crippen molar-refractivity contribution in [3.8, 4) is 18.5 Å². The number of aryl methyl sites for hydroxylation is 1. The summed E-state index contributed by atoms with van der Waals surface area (Å²) in [5.74, 6) is -0.141. The minimum absolute atomic E-state index is 0.141. The number of nitrogens with zero attached hydrogens (tertiary/aromatic N) is 3. The van der Waals surface area contributed by atoms with E-state index in [9.17, 15) is 10.1 Å². The van der Waals surface area contributed by atoms with E-state index in [1.54, 1.807) is 23.1 Å². The molecular formula is C28H35N5O. The van der Waals surface area contributed by atoms with Crippen molar-refractivity contribution in [1.29, 1.82) is 5.26 Å². The Labute approximate surface area is 203 Å². The van der Waals surface area contributed by atoms with Crippen molar-refractivity contribution < 1.29 is 4.79 Å². The molecular weight excluding hydrogens is 422 g/mol. The molecule has 0 unspecified atom stereocenters. The monoisotopic (exact) mass is 457 g/mol. The fourth-order valence-electron chi connectivity index (χ4n) is 2.84. The summed E-state index contributed by atoms with van der Waals surface area (Å²) in [5, 5.41) is 16.4. The lowest BCUT2D eigenvalue weighted by Gasteiger charge is -2.15. The minimum Gasteiger partial charge on any atom is -0.360 e. The summed E-state index contributed by atoms with van der Waals surface area (Å²) in [5.41, 5.74) is 8.71. The number of nitrogens with two attached hydrogens (primary N) is 1. The largest absolute Gasteiger partial charge is 0.360 e. The number of nitrogens with one attached hydrogen (secondary N) is 1.